The average molecular weight is 324 g/mol. The molecule has 0 unspecified atom stereocenters. The van der Waals surface area contributed by atoms with Crippen LogP contribution in [0.3, 0.4) is 0 Å². The van der Waals surface area contributed by atoms with Crippen molar-refractivity contribution in [1.82, 2.24) is 0 Å². The molecule has 0 aliphatic heterocycles. The number of carboxylic acids is 1. The summed E-state index contributed by atoms with van der Waals surface area (Å²) in [6, 6.07) is 8.28. The van der Waals surface area contributed by atoms with Crippen molar-refractivity contribution in [2.24, 2.45) is 0 Å². The molecular formula is C13H12N2O4S2. The fourth-order valence-corrected chi connectivity index (χ4v) is 2.15. The van der Waals surface area contributed by atoms with Crippen LogP contribution in [0.2, 0.25) is 0 Å². The van der Waals surface area contributed by atoms with Crippen LogP contribution in [0.25, 0.3) is 0 Å². The van der Waals surface area contributed by atoms with Crippen molar-refractivity contribution in [3.05, 3.63) is 34.1 Å². The molecule has 0 aliphatic carbocycles. The molecule has 1 aromatic rings. The van der Waals surface area contributed by atoms with Crippen LogP contribution in [-0.2, 0) is 9.59 Å². The Hall–Kier alpha value is -2.11. The lowest BCUT2D eigenvalue weighted by Crippen LogP contribution is -2.14. The second-order valence-corrected chi connectivity index (χ2v) is 5.39. The van der Waals surface area contributed by atoms with Gasteiger partial charge in [0.15, 0.2) is 0 Å². The highest BCUT2D eigenvalue weighted by Crippen LogP contribution is 2.24. The lowest BCUT2D eigenvalue weighted by molar-refractivity contribution is -0.133. The van der Waals surface area contributed by atoms with Gasteiger partial charge in [-0.25, -0.2) is 0 Å². The fraction of sp³-hybridized carbons (Fsp3) is 0.154. The topological polar surface area (TPSA) is 99.4 Å². The largest absolute Gasteiger partial charge is 0.497 e. The van der Waals surface area contributed by atoms with Crippen LogP contribution in [0, 0.1) is 11.3 Å². The molecule has 0 fully saturated rings. The van der Waals surface area contributed by atoms with Crippen LogP contribution in [-0.4, -0.2) is 29.8 Å². The summed E-state index contributed by atoms with van der Waals surface area (Å²) in [4.78, 5) is 22.4. The summed E-state index contributed by atoms with van der Waals surface area (Å²) < 4.78 is 5.05. The first-order valence-electron chi connectivity index (χ1n) is 5.61. The third-order valence-electron chi connectivity index (χ3n) is 2.23. The predicted molar refractivity (Wildman–Crippen MR) is 83.3 cm³/mol. The summed E-state index contributed by atoms with van der Waals surface area (Å²) >= 11 is 4.80. The lowest BCUT2D eigenvalue weighted by Gasteiger charge is -2.07. The Morgan fingerprint density at radius 1 is 1.43 bits per heavy atom. The molecule has 0 heterocycles. The van der Waals surface area contributed by atoms with E-state index in [1.165, 1.54) is 7.11 Å². The van der Waals surface area contributed by atoms with Crippen molar-refractivity contribution in [2.75, 3.05) is 18.2 Å². The first-order valence-corrected chi connectivity index (χ1v) is 7.04. The Labute approximate surface area is 131 Å². The fourth-order valence-electron chi connectivity index (χ4n) is 1.27. The number of thiol groups is 1. The van der Waals surface area contributed by atoms with Crippen molar-refractivity contribution < 1.29 is 19.4 Å². The molecule has 110 valence electrons. The summed E-state index contributed by atoms with van der Waals surface area (Å²) in [7, 11) is 1.52. The number of amides is 1. The molecule has 6 nitrogen and oxygen atoms in total. The van der Waals surface area contributed by atoms with Gasteiger partial charge in [0.2, 0.25) is 0 Å². The van der Waals surface area contributed by atoms with Crippen LogP contribution in [0.5, 0.6) is 5.75 Å². The Morgan fingerprint density at radius 2 is 2.05 bits per heavy atom. The number of nitriles is 1. The Bertz CT molecular complexity index is 606. The molecule has 0 saturated carbocycles. The number of nitrogens with zero attached hydrogens (tertiary/aromatic N) is 1. The van der Waals surface area contributed by atoms with E-state index in [1.54, 1.807) is 30.3 Å². The molecule has 0 bridgehead atoms. The van der Waals surface area contributed by atoms with Crippen molar-refractivity contribution in [1.29, 1.82) is 5.26 Å². The number of aliphatic carboxylic acids is 1. The van der Waals surface area contributed by atoms with E-state index in [2.05, 4.69) is 17.9 Å². The summed E-state index contributed by atoms with van der Waals surface area (Å²) in [5.74, 6) is -1.35. The SMILES string of the molecule is COc1ccc(NC(=O)/C(C#N)=C(\S)SCC(=O)O)cc1. The van der Waals surface area contributed by atoms with E-state index in [4.69, 9.17) is 15.1 Å². The Kier molecular flexibility index (Phi) is 6.65. The number of carbonyl (C=O) groups excluding carboxylic acids is 1. The molecule has 21 heavy (non-hydrogen) atoms. The van der Waals surface area contributed by atoms with Crippen LogP contribution >= 0.6 is 24.4 Å². The van der Waals surface area contributed by atoms with Gasteiger partial charge in [-0.15, -0.1) is 24.4 Å². The van der Waals surface area contributed by atoms with Gasteiger partial charge in [-0.3, -0.25) is 9.59 Å². The predicted octanol–water partition coefficient (Wildman–Crippen LogP) is 2.12. The number of anilines is 1. The van der Waals surface area contributed by atoms with Gasteiger partial charge in [0.25, 0.3) is 5.91 Å². The third kappa shape index (κ3) is 5.41. The van der Waals surface area contributed by atoms with E-state index in [0.29, 0.717) is 11.4 Å². The molecule has 1 amide bonds. The number of hydrogen-bond donors (Lipinski definition) is 3. The molecule has 1 rings (SSSR count). The van der Waals surface area contributed by atoms with Gasteiger partial charge in [-0.1, -0.05) is 0 Å². The van der Waals surface area contributed by atoms with Crippen molar-refractivity contribution >= 4 is 42.0 Å². The Balaban J connectivity index is 2.81. The Morgan fingerprint density at radius 3 is 2.52 bits per heavy atom. The second-order valence-electron chi connectivity index (χ2n) is 3.66. The zero-order valence-corrected chi connectivity index (χ0v) is 12.7. The number of methoxy groups -OCH3 is 1. The van der Waals surface area contributed by atoms with Gasteiger partial charge < -0.3 is 15.2 Å². The molecule has 0 aliphatic rings. The molecule has 0 atom stereocenters. The molecule has 0 spiro atoms. The zero-order chi connectivity index (χ0) is 15.8. The lowest BCUT2D eigenvalue weighted by atomic mass is 10.2. The molecule has 0 aromatic heterocycles. The smallest absolute Gasteiger partial charge is 0.313 e. The normalized spacial score (nSPS) is 11.1. The first kappa shape index (κ1) is 16.9. The highest BCUT2D eigenvalue weighted by atomic mass is 32.2. The zero-order valence-electron chi connectivity index (χ0n) is 11.0. The van der Waals surface area contributed by atoms with E-state index < -0.39 is 11.9 Å². The monoisotopic (exact) mass is 324 g/mol. The average Bonchev–Trinajstić information content (AvgIpc) is 2.46. The van der Waals surface area contributed by atoms with E-state index in [0.717, 1.165) is 11.8 Å². The quantitative estimate of drug-likeness (QED) is 0.421. The van der Waals surface area contributed by atoms with Crippen LogP contribution in [0.1, 0.15) is 0 Å². The van der Waals surface area contributed by atoms with E-state index in [9.17, 15) is 9.59 Å². The number of thioether (sulfide) groups is 1. The first-order chi connectivity index (χ1) is 9.97. The van der Waals surface area contributed by atoms with Crippen molar-refractivity contribution in [3.63, 3.8) is 0 Å². The van der Waals surface area contributed by atoms with Crippen LogP contribution in [0.4, 0.5) is 5.69 Å². The van der Waals surface area contributed by atoms with Crippen LogP contribution < -0.4 is 10.1 Å². The van der Waals surface area contributed by atoms with Gasteiger partial charge in [0.1, 0.15) is 17.4 Å². The van der Waals surface area contributed by atoms with Gasteiger partial charge >= 0.3 is 5.97 Å². The number of nitrogens with one attached hydrogen (secondary N) is 1. The molecule has 1 aromatic carbocycles. The van der Waals surface area contributed by atoms with Gasteiger partial charge in [0.05, 0.1) is 17.1 Å². The van der Waals surface area contributed by atoms with Gasteiger partial charge in [-0.05, 0) is 24.3 Å². The third-order valence-corrected chi connectivity index (χ3v) is 3.71. The highest BCUT2D eigenvalue weighted by Gasteiger charge is 2.15. The van der Waals surface area contributed by atoms with Gasteiger partial charge in [-0.2, -0.15) is 5.26 Å². The number of rotatable bonds is 6. The number of hydrogen-bond acceptors (Lipinski definition) is 6. The summed E-state index contributed by atoms with van der Waals surface area (Å²) in [5, 5.41) is 20.1. The molecule has 0 saturated heterocycles. The molecule has 8 heteroatoms. The van der Waals surface area contributed by atoms with Crippen LogP contribution in [0.15, 0.2) is 34.1 Å². The standard InChI is InChI=1S/C13H12N2O4S2/c1-19-9-4-2-8(3-5-9)15-12(18)10(6-14)13(20)21-7-11(16)17/h2-5,20H,7H2,1H3,(H,15,18)(H,16,17)/b13-10+. The summed E-state index contributed by atoms with van der Waals surface area (Å²) in [6.45, 7) is 0. The van der Waals surface area contributed by atoms with E-state index >= 15 is 0 Å². The molecular weight excluding hydrogens is 312 g/mol. The highest BCUT2D eigenvalue weighted by molar-refractivity contribution is 8.16. The van der Waals surface area contributed by atoms with E-state index in [1.807, 2.05) is 0 Å². The molecule has 0 radical (unpaired) electrons. The number of carboxylic acid groups (broad SMARTS) is 1. The number of benzene rings is 1. The summed E-state index contributed by atoms with van der Waals surface area (Å²) in [5.41, 5.74) is 0.248. The van der Waals surface area contributed by atoms with Gasteiger partial charge in [0, 0.05) is 5.69 Å². The number of carbonyl (C=O) groups is 2. The minimum Gasteiger partial charge on any atom is -0.497 e. The minimum atomic E-state index is -1.06. The summed E-state index contributed by atoms with van der Waals surface area (Å²) in [6.07, 6.45) is 0. The maximum absolute atomic E-state index is 12.0. The second kappa shape index (κ2) is 8.24. The maximum Gasteiger partial charge on any atom is 0.313 e. The number of ether oxygens (including phenoxy) is 1. The van der Waals surface area contributed by atoms with Crippen molar-refractivity contribution in [2.45, 2.75) is 0 Å². The maximum atomic E-state index is 12.0. The molecule has 2 N–H and O–H groups in total. The minimum absolute atomic E-state index is 0.0610. The van der Waals surface area contributed by atoms with E-state index in [-0.39, 0.29) is 15.6 Å². The van der Waals surface area contributed by atoms with Crippen molar-refractivity contribution in [3.8, 4) is 11.8 Å².